The Morgan fingerprint density at radius 1 is 1.35 bits per heavy atom. The summed E-state index contributed by atoms with van der Waals surface area (Å²) in [6.45, 7) is 3.59. The zero-order chi connectivity index (χ0) is 14.4. The van der Waals surface area contributed by atoms with Crippen LogP contribution in [0.4, 0.5) is 4.79 Å². The number of hydrogen-bond acceptors (Lipinski definition) is 2. The summed E-state index contributed by atoms with van der Waals surface area (Å²) in [4.78, 5) is 13.7. The third-order valence-electron chi connectivity index (χ3n) is 4.41. The van der Waals surface area contributed by atoms with Gasteiger partial charge in [-0.15, -0.1) is 0 Å². The Kier molecular flexibility index (Phi) is 5.50. The molecule has 4 heteroatoms. The van der Waals surface area contributed by atoms with Gasteiger partial charge in [0, 0.05) is 13.6 Å². The number of nitrogens with one attached hydrogen (secondary N) is 1. The van der Waals surface area contributed by atoms with E-state index in [4.69, 9.17) is 4.42 Å². The average molecular weight is 278 g/mol. The van der Waals surface area contributed by atoms with Crippen molar-refractivity contribution in [3.05, 3.63) is 24.2 Å². The zero-order valence-electron chi connectivity index (χ0n) is 12.6. The monoisotopic (exact) mass is 278 g/mol. The molecule has 0 radical (unpaired) electrons. The fourth-order valence-corrected chi connectivity index (χ4v) is 2.92. The highest BCUT2D eigenvalue weighted by Gasteiger charge is 2.20. The van der Waals surface area contributed by atoms with Crippen LogP contribution < -0.4 is 5.32 Å². The summed E-state index contributed by atoms with van der Waals surface area (Å²) >= 11 is 0. The van der Waals surface area contributed by atoms with E-state index < -0.39 is 0 Å². The lowest BCUT2D eigenvalue weighted by molar-refractivity contribution is 0.196. The summed E-state index contributed by atoms with van der Waals surface area (Å²) in [5.74, 6) is 2.37. The zero-order valence-corrected chi connectivity index (χ0v) is 12.6. The standard InChI is InChI=1S/C16H26N2O2/c1-3-13-6-8-14(9-7-13)11-17-16(19)18(2)12-15-5-4-10-20-15/h4-5,10,13-14H,3,6-9,11-12H2,1-2H3,(H,17,19). The second-order valence-corrected chi connectivity index (χ2v) is 5.92. The van der Waals surface area contributed by atoms with Gasteiger partial charge in [0.1, 0.15) is 5.76 Å². The normalized spacial score (nSPS) is 22.5. The Labute approximate surface area is 121 Å². The summed E-state index contributed by atoms with van der Waals surface area (Å²) in [5, 5.41) is 3.04. The van der Waals surface area contributed by atoms with Gasteiger partial charge in [-0.1, -0.05) is 26.2 Å². The molecular weight excluding hydrogens is 252 g/mol. The van der Waals surface area contributed by atoms with Crippen LogP contribution in [0.25, 0.3) is 0 Å². The quantitative estimate of drug-likeness (QED) is 0.893. The van der Waals surface area contributed by atoms with Gasteiger partial charge in [0.05, 0.1) is 12.8 Å². The van der Waals surface area contributed by atoms with Crippen molar-refractivity contribution in [2.45, 2.75) is 45.6 Å². The van der Waals surface area contributed by atoms with E-state index in [0.717, 1.165) is 18.2 Å². The third kappa shape index (κ3) is 4.29. The number of carbonyl (C=O) groups is 1. The first-order chi connectivity index (χ1) is 9.69. The van der Waals surface area contributed by atoms with E-state index in [9.17, 15) is 4.79 Å². The molecule has 1 aliphatic carbocycles. The van der Waals surface area contributed by atoms with Gasteiger partial charge in [0.2, 0.25) is 0 Å². The molecule has 1 saturated carbocycles. The van der Waals surface area contributed by atoms with E-state index in [1.807, 2.05) is 12.1 Å². The Morgan fingerprint density at radius 2 is 2.05 bits per heavy atom. The summed E-state index contributed by atoms with van der Waals surface area (Å²) < 4.78 is 5.25. The minimum atomic E-state index is -0.0148. The van der Waals surface area contributed by atoms with Gasteiger partial charge in [-0.25, -0.2) is 4.79 Å². The van der Waals surface area contributed by atoms with Crippen molar-refractivity contribution in [2.75, 3.05) is 13.6 Å². The van der Waals surface area contributed by atoms with Crippen LogP contribution in [0.2, 0.25) is 0 Å². The molecule has 112 valence electrons. The summed E-state index contributed by atoms with van der Waals surface area (Å²) in [5.41, 5.74) is 0. The molecule has 1 aromatic heterocycles. The maximum atomic E-state index is 12.0. The topological polar surface area (TPSA) is 45.5 Å². The van der Waals surface area contributed by atoms with E-state index in [1.165, 1.54) is 32.1 Å². The van der Waals surface area contributed by atoms with Crippen molar-refractivity contribution in [1.82, 2.24) is 10.2 Å². The highest BCUT2D eigenvalue weighted by molar-refractivity contribution is 5.73. The molecule has 0 aromatic carbocycles. The summed E-state index contributed by atoms with van der Waals surface area (Å²) in [6.07, 6.45) is 8.07. The van der Waals surface area contributed by atoms with Gasteiger partial charge in [-0.2, -0.15) is 0 Å². The highest BCUT2D eigenvalue weighted by Crippen LogP contribution is 2.30. The van der Waals surface area contributed by atoms with Crippen molar-refractivity contribution in [3.8, 4) is 0 Å². The molecule has 0 aliphatic heterocycles. The predicted molar refractivity (Wildman–Crippen MR) is 79.3 cm³/mol. The number of amides is 2. The molecule has 2 amide bonds. The minimum absolute atomic E-state index is 0.0148. The molecule has 4 nitrogen and oxygen atoms in total. The largest absolute Gasteiger partial charge is 0.467 e. The Hall–Kier alpha value is -1.45. The number of hydrogen-bond donors (Lipinski definition) is 1. The first-order valence-electron chi connectivity index (χ1n) is 7.70. The molecule has 1 aliphatic rings. The molecule has 1 fully saturated rings. The van der Waals surface area contributed by atoms with Crippen LogP contribution in [0.15, 0.2) is 22.8 Å². The van der Waals surface area contributed by atoms with Gasteiger partial charge in [0.15, 0.2) is 0 Å². The molecule has 0 spiro atoms. The first-order valence-corrected chi connectivity index (χ1v) is 7.70. The molecule has 0 saturated heterocycles. The molecule has 0 atom stereocenters. The van der Waals surface area contributed by atoms with E-state index >= 15 is 0 Å². The molecule has 1 heterocycles. The van der Waals surface area contributed by atoms with Crippen LogP contribution in [-0.4, -0.2) is 24.5 Å². The van der Waals surface area contributed by atoms with Crippen LogP contribution in [0, 0.1) is 11.8 Å². The van der Waals surface area contributed by atoms with Crippen LogP contribution in [0.1, 0.15) is 44.8 Å². The third-order valence-corrected chi connectivity index (χ3v) is 4.41. The van der Waals surface area contributed by atoms with Crippen molar-refractivity contribution in [3.63, 3.8) is 0 Å². The lowest BCUT2D eigenvalue weighted by Gasteiger charge is -2.28. The first kappa shape index (κ1) is 14.9. The highest BCUT2D eigenvalue weighted by atomic mass is 16.3. The molecule has 1 aromatic rings. The second kappa shape index (κ2) is 7.36. The lowest BCUT2D eigenvalue weighted by Crippen LogP contribution is -2.39. The minimum Gasteiger partial charge on any atom is -0.467 e. The van der Waals surface area contributed by atoms with Crippen molar-refractivity contribution >= 4 is 6.03 Å². The van der Waals surface area contributed by atoms with E-state index in [1.54, 1.807) is 18.2 Å². The van der Waals surface area contributed by atoms with E-state index in [-0.39, 0.29) is 6.03 Å². The summed E-state index contributed by atoms with van der Waals surface area (Å²) in [7, 11) is 1.80. The molecular formula is C16H26N2O2. The number of nitrogens with zero attached hydrogens (tertiary/aromatic N) is 1. The number of rotatable bonds is 5. The number of urea groups is 1. The molecule has 0 unspecified atom stereocenters. The van der Waals surface area contributed by atoms with Crippen molar-refractivity contribution in [2.24, 2.45) is 11.8 Å². The maximum absolute atomic E-state index is 12.0. The molecule has 20 heavy (non-hydrogen) atoms. The Bertz CT molecular complexity index is 395. The van der Waals surface area contributed by atoms with Gasteiger partial charge in [-0.3, -0.25) is 0 Å². The SMILES string of the molecule is CCC1CCC(CNC(=O)N(C)Cc2ccco2)CC1. The van der Waals surface area contributed by atoms with Gasteiger partial charge in [0.25, 0.3) is 0 Å². The summed E-state index contributed by atoms with van der Waals surface area (Å²) in [6, 6.07) is 3.71. The molecule has 2 rings (SSSR count). The van der Waals surface area contributed by atoms with Crippen LogP contribution >= 0.6 is 0 Å². The van der Waals surface area contributed by atoms with Crippen LogP contribution in [-0.2, 0) is 6.54 Å². The van der Waals surface area contributed by atoms with Crippen molar-refractivity contribution in [1.29, 1.82) is 0 Å². The predicted octanol–water partition coefficient (Wildman–Crippen LogP) is 3.64. The number of furan rings is 1. The maximum Gasteiger partial charge on any atom is 0.317 e. The van der Waals surface area contributed by atoms with Gasteiger partial charge in [-0.05, 0) is 36.8 Å². The fourth-order valence-electron chi connectivity index (χ4n) is 2.92. The van der Waals surface area contributed by atoms with E-state index in [0.29, 0.717) is 12.5 Å². The number of carbonyl (C=O) groups excluding carboxylic acids is 1. The van der Waals surface area contributed by atoms with Crippen LogP contribution in [0.5, 0.6) is 0 Å². The van der Waals surface area contributed by atoms with Gasteiger partial charge < -0.3 is 14.6 Å². The van der Waals surface area contributed by atoms with Gasteiger partial charge >= 0.3 is 6.03 Å². The average Bonchev–Trinajstić information content (AvgIpc) is 2.98. The van der Waals surface area contributed by atoms with Crippen LogP contribution in [0.3, 0.4) is 0 Å². The Balaban J connectivity index is 1.67. The van der Waals surface area contributed by atoms with E-state index in [2.05, 4.69) is 12.2 Å². The fraction of sp³-hybridized carbons (Fsp3) is 0.688. The smallest absolute Gasteiger partial charge is 0.317 e. The van der Waals surface area contributed by atoms with Crippen molar-refractivity contribution < 1.29 is 9.21 Å². The molecule has 0 bridgehead atoms. The Morgan fingerprint density at radius 3 is 2.65 bits per heavy atom. The lowest BCUT2D eigenvalue weighted by atomic mass is 9.81. The second-order valence-electron chi connectivity index (χ2n) is 5.92. The molecule has 1 N–H and O–H groups in total.